The minimum Gasteiger partial charge on any atom is -0.358 e. The molecule has 10 nitrogen and oxygen atoms in total. The number of aromatic nitrogens is 5. The van der Waals surface area contributed by atoms with E-state index in [1.54, 1.807) is 16.8 Å². The first-order valence-corrected chi connectivity index (χ1v) is 16.0. The summed E-state index contributed by atoms with van der Waals surface area (Å²) in [7, 11) is -1.74. The summed E-state index contributed by atoms with van der Waals surface area (Å²) in [4.78, 5) is 22.7. The van der Waals surface area contributed by atoms with Crippen molar-refractivity contribution >= 4 is 38.2 Å². The van der Waals surface area contributed by atoms with Crippen molar-refractivity contribution in [2.75, 3.05) is 18.2 Å². The molecule has 1 saturated heterocycles. The smallest absolute Gasteiger partial charge is 0.177 e. The molecule has 1 aliphatic carbocycles. The van der Waals surface area contributed by atoms with E-state index in [0.29, 0.717) is 34.8 Å². The maximum atomic E-state index is 13.1. The Morgan fingerprint density at radius 1 is 1.07 bits per heavy atom. The van der Waals surface area contributed by atoms with Crippen molar-refractivity contribution in [2.45, 2.75) is 70.4 Å². The van der Waals surface area contributed by atoms with Gasteiger partial charge in [-0.15, -0.1) is 0 Å². The van der Waals surface area contributed by atoms with E-state index in [1.165, 1.54) is 6.26 Å². The van der Waals surface area contributed by atoms with Crippen molar-refractivity contribution in [1.29, 1.82) is 0 Å². The van der Waals surface area contributed by atoms with Crippen LogP contribution in [0.25, 0.3) is 22.3 Å². The van der Waals surface area contributed by atoms with Gasteiger partial charge in [-0.3, -0.25) is 14.0 Å². The third kappa shape index (κ3) is 5.28. The van der Waals surface area contributed by atoms with E-state index in [4.69, 9.17) is 14.7 Å². The van der Waals surface area contributed by atoms with Gasteiger partial charge in [0.25, 0.3) is 0 Å². The molecule has 4 heterocycles. The molecule has 6 rings (SSSR count). The number of fused-ring (bicyclic) bond motifs is 1. The molecule has 11 heteroatoms. The van der Waals surface area contributed by atoms with E-state index in [9.17, 15) is 13.2 Å². The highest BCUT2D eigenvalue weighted by molar-refractivity contribution is 7.90. The summed E-state index contributed by atoms with van der Waals surface area (Å²) in [5.41, 5.74) is 6.40. The molecule has 0 bridgehead atoms. The van der Waals surface area contributed by atoms with Crippen LogP contribution in [0, 0.1) is 26.7 Å². The SMILES string of the molecule is Cc1nn(C)c(C)c1-c1ccc(Nc2cc(CC(=O)C3CC3)nc3c2nc(C)n3C2CCCCO2)c(S(C)(=O)=O)c1. The lowest BCUT2D eigenvalue weighted by molar-refractivity contribution is -0.119. The number of carbonyl (C=O) groups excluding carboxylic acids is 1. The van der Waals surface area contributed by atoms with Crippen LogP contribution in [-0.2, 0) is 32.8 Å². The summed E-state index contributed by atoms with van der Waals surface area (Å²) in [6.45, 7) is 6.48. The Labute approximate surface area is 240 Å². The highest BCUT2D eigenvalue weighted by Crippen LogP contribution is 2.37. The normalized spacial score (nSPS) is 17.7. The van der Waals surface area contributed by atoms with E-state index in [-0.39, 0.29) is 29.2 Å². The van der Waals surface area contributed by atoms with Crippen LogP contribution in [0.4, 0.5) is 11.4 Å². The van der Waals surface area contributed by atoms with E-state index >= 15 is 0 Å². The number of nitrogens with zero attached hydrogens (tertiary/aromatic N) is 5. The number of anilines is 2. The number of ether oxygens (including phenoxy) is 1. The molecule has 4 aromatic rings. The van der Waals surface area contributed by atoms with Gasteiger partial charge < -0.3 is 10.1 Å². The third-order valence-corrected chi connectivity index (χ3v) is 9.29. The van der Waals surface area contributed by atoms with E-state index < -0.39 is 9.84 Å². The molecular weight excluding hydrogens is 540 g/mol. The lowest BCUT2D eigenvalue weighted by atomic mass is 10.0. The molecule has 3 aromatic heterocycles. The number of Topliss-reactive ketones (excluding diaryl/α,β-unsaturated/α-hetero) is 1. The zero-order chi connectivity index (χ0) is 29.1. The summed E-state index contributed by atoms with van der Waals surface area (Å²) in [5.74, 6) is 1.05. The van der Waals surface area contributed by atoms with Crippen LogP contribution < -0.4 is 5.32 Å². The Morgan fingerprint density at radius 3 is 2.49 bits per heavy atom. The van der Waals surface area contributed by atoms with Crippen molar-refractivity contribution in [3.05, 3.63) is 47.2 Å². The molecule has 2 aliphatic rings. The fourth-order valence-electron chi connectivity index (χ4n) is 5.83. The molecule has 0 radical (unpaired) electrons. The summed E-state index contributed by atoms with van der Waals surface area (Å²) in [6, 6.07) is 7.22. The van der Waals surface area contributed by atoms with Gasteiger partial charge in [0.15, 0.2) is 15.5 Å². The quantitative estimate of drug-likeness (QED) is 0.307. The van der Waals surface area contributed by atoms with Crippen LogP contribution in [0.15, 0.2) is 29.2 Å². The van der Waals surface area contributed by atoms with Crippen molar-refractivity contribution in [2.24, 2.45) is 13.0 Å². The third-order valence-electron chi connectivity index (χ3n) is 8.16. The summed E-state index contributed by atoms with van der Waals surface area (Å²) in [6.07, 6.45) is 6.04. The van der Waals surface area contributed by atoms with Gasteiger partial charge in [-0.2, -0.15) is 5.10 Å². The van der Waals surface area contributed by atoms with E-state index in [1.807, 2.05) is 44.5 Å². The molecule has 0 spiro atoms. The molecule has 1 aliphatic heterocycles. The number of pyridine rings is 1. The number of aryl methyl sites for hydroxylation is 3. The molecule has 1 atom stereocenters. The van der Waals surface area contributed by atoms with E-state index in [0.717, 1.165) is 60.4 Å². The second-order valence-corrected chi connectivity index (χ2v) is 13.4. The van der Waals surface area contributed by atoms with Crippen LogP contribution in [0.2, 0.25) is 0 Å². The zero-order valence-corrected chi connectivity index (χ0v) is 25.0. The van der Waals surface area contributed by atoms with Crippen molar-refractivity contribution < 1.29 is 17.9 Å². The van der Waals surface area contributed by atoms with Gasteiger partial charge in [0.1, 0.15) is 23.4 Å². The number of sulfone groups is 1. The Bertz CT molecular complexity index is 1780. The number of hydrogen-bond acceptors (Lipinski definition) is 8. The molecular formula is C30H36N6O4S. The fraction of sp³-hybridized carbons (Fsp3) is 0.467. The van der Waals surface area contributed by atoms with Crippen LogP contribution in [0.3, 0.4) is 0 Å². The van der Waals surface area contributed by atoms with Crippen molar-refractivity contribution in [3.63, 3.8) is 0 Å². The minimum atomic E-state index is -3.61. The molecule has 1 unspecified atom stereocenters. The number of benzene rings is 1. The average Bonchev–Trinajstić information content (AvgIpc) is 3.67. The largest absolute Gasteiger partial charge is 0.358 e. The van der Waals surface area contributed by atoms with Gasteiger partial charge in [-0.25, -0.2) is 18.4 Å². The van der Waals surface area contributed by atoms with Gasteiger partial charge >= 0.3 is 0 Å². The number of nitrogens with one attached hydrogen (secondary N) is 1. The number of hydrogen-bond donors (Lipinski definition) is 1. The maximum Gasteiger partial charge on any atom is 0.177 e. The average molecular weight is 577 g/mol. The van der Waals surface area contributed by atoms with Crippen molar-refractivity contribution in [3.8, 4) is 11.1 Å². The predicted octanol–water partition coefficient (Wildman–Crippen LogP) is 5.12. The first-order valence-electron chi connectivity index (χ1n) is 14.2. The van der Waals surface area contributed by atoms with E-state index in [2.05, 4.69) is 10.4 Å². The van der Waals surface area contributed by atoms with Crippen LogP contribution in [0.5, 0.6) is 0 Å². The van der Waals surface area contributed by atoms with Gasteiger partial charge in [0, 0.05) is 43.5 Å². The molecule has 0 amide bonds. The predicted molar refractivity (Wildman–Crippen MR) is 157 cm³/mol. The topological polar surface area (TPSA) is 121 Å². The molecule has 41 heavy (non-hydrogen) atoms. The molecule has 1 aromatic carbocycles. The highest BCUT2D eigenvalue weighted by atomic mass is 32.2. The Morgan fingerprint density at radius 2 is 1.85 bits per heavy atom. The van der Waals surface area contributed by atoms with Crippen LogP contribution in [0.1, 0.15) is 61.2 Å². The summed E-state index contributed by atoms with van der Waals surface area (Å²) >= 11 is 0. The second-order valence-electron chi connectivity index (χ2n) is 11.4. The van der Waals surface area contributed by atoms with Crippen LogP contribution in [-0.4, -0.2) is 51.4 Å². The van der Waals surface area contributed by atoms with Gasteiger partial charge in [-0.1, -0.05) is 6.07 Å². The maximum absolute atomic E-state index is 13.1. The Hall–Kier alpha value is -3.57. The van der Waals surface area contributed by atoms with Gasteiger partial charge in [-0.05, 0) is 76.6 Å². The molecule has 1 N–H and O–H groups in total. The Kier molecular flexibility index (Phi) is 6.97. The monoisotopic (exact) mass is 576 g/mol. The van der Waals surface area contributed by atoms with Gasteiger partial charge in [0.05, 0.1) is 27.7 Å². The second kappa shape index (κ2) is 10.4. The highest BCUT2D eigenvalue weighted by Gasteiger charge is 2.30. The number of imidazole rings is 1. The zero-order valence-electron chi connectivity index (χ0n) is 24.2. The molecule has 2 fully saturated rings. The summed E-state index contributed by atoms with van der Waals surface area (Å²) in [5, 5.41) is 7.87. The fourth-order valence-corrected chi connectivity index (χ4v) is 6.69. The van der Waals surface area contributed by atoms with Crippen LogP contribution >= 0.6 is 0 Å². The summed E-state index contributed by atoms with van der Waals surface area (Å²) < 4.78 is 36.0. The molecule has 216 valence electrons. The standard InChI is InChI=1S/C30H36N6O4S/c1-17-28(18(2)35(4)34-17)21-11-12-23(26(14-21)41(5,38)39)33-24-15-22(16-25(37)20-9-10-20)32-30-29(24)31-19(3)36(30)27-8-6-7-13-40-27/h11-12,14-15,20,27H,6-10,13,16H2,1-5H3,(H,32,33). The van der Waals surface area contributed by atoms with Gasteiger partial charge in [0.2, 0.25) is 0 Å². The number of carbonyl (C=O) groups is 1. The number of rotatable bonds is 8. The Balaban J connectivity index is 1.47. The minimum absolute atomic E-state index is 0.112. The first-order chi connectivity index (χ1) is 19.5. The van der Waals surface area contributed by atoms with Crippen molar-refractivity contribution in [1.82, 2.24) is 24.3 Å². The number of ketones is 1. The lowest BCUT2D eigenvalue weighted by Crippen LogP contribution is -2.19. The lowest BCUT2D eigenvalue weighted by Gasteiger charge is -2.25. The molecule has 1 saturated carbocycles. The first kappa shape index (κ1) is 27.6.